The third kappa shape index (κ3) is 3.58. The Morgan fingerprint density at radius 2 is 2.32 bits per heavy atom. The molecule has 1 aromatic carbocycles. The number of aryl methyl sites for hydroxylation is 2. The number of guanidine groups is 1. The van der Waals surface area contributed by atoms with Gasteiger partial charge in [0.1, 0.15) is 12.4 Å². The van der Waals surface area contributed by atoms with Crippen molar-refractivity contribution in [1.29, 1.82) is 0 Å². The summed E-state index contributed by atoms with van der Waals surface area (Å²) in [6.45, 7) is 2.59. The van der Waals surface area contributed by atoms with E-state index in [0.717, 1.165) is 17.9 Å². The molecule has 0 aliphatic heterocycles. The number of rotatable bonds is 4. The molecule has 0 bridgehead atoms. The normalized spacial score (nSPS) is 11.6. The molecule has 100 valence electrons. The lowest BCUT2D eigenvalue weighted by atomic mass is 10.1. The van der Waals surface area contributed by atoms with Crippen molar-refractivity contribution in [2.24, 2.45) is 17.8 Å². The van der Waals surface area contributed by atoms with E-state index in [9.17, 15) is 0 Å². The first-order chi connectivity index (χ1) is 9.19. The third-order valence-corrected chi connectivity index (χ3v) is 2.92. The van der Waals surface area contributed by atoms with Gasteiger partial charge < -0.3 is 15.6 Å². The number of nitrogens with two attached hydrogens (primary N) is 1. The fraction of sp³-hybridized carbons (Fsp3) is 0.286. The van der Waals surface area contributed by atoms with Crippen molar-refractivity contribution in [3.63, 3.8) is 0 Å². The predicted molar refractivity (Wildman–Crippen MR) is 78.0 cm³/mol. The van der Waals surface area contributed by atoms with E-state index in [1.54, 1.807) is 6.20 Å². The van der Waals surface area contributed by atoms with Crippen LogP contribution in [0.2, 0.25) is 0 Å². The molecule has 2 aromatic rings. The summed E-state index contributed by atoms with van der Waals surface area (Å²) >= 11 is 0. The maximum atomic E-state index is 5.87. The topological polar surface area (TPSA) is 68.2 Å². The lowest BCUT2D eigenvalue weighted by molar-refractivity contribution is 0.793. The summed E-state index contributed by atoms with van der Waals surface area (Å²) in [7, 11) is 1.94. The number of imidazole rings is 1. The van der Waals surface area contributed by atoms with Gasteiger partial charge in [0, 0.05) is 25.1 Å². The van der Waals surface area contributed by atoms with E-state index in [4.69, 9.17) is 5.73 Å². The minimum absolute atomic E-state index is 0.399. The third-order valence-electron chi connectivity index (χ3n) is 2.92. The van der Waals surface area contributed by atoms with E-state index in [2.05, 4.69) is 34.3 Å². The van der Waals surface area contributed by atoms with E-state index in [1.165, 1.54) is 5.56 Å². The Kier molecular flexibility index (Phi) is 4.18. The van der Waals surface area contributed by atoms with Crippen LogP contribution in [0.3, 0.4) is 0 Å². The molecule has 3 N–H and O–H groups in total. The summed E-state index contributed by atoms with van der Waals surface area (Å²) in [5.74, 6) is 1.28. The molecule has 0 aliphatic carbocycles. The van der Waals surface area contributed by atoms with Crippen LogP contribution in [-0.2, 0) is 20.0 Å². The molecule has 0 saturated heterocycles. The molecule has 1 aromatic heterocycles. The van der Waals surface area contributed by atoms with E-state index in [-0.39, 0.29) is 0 Å². The van der Waals surface area contributed by atoms with E-state index >= 15 is 0 Å². The number of hydrogen-bond donors (Lipinski definition) is 2. The SMILES string of the molecule is CCc1cccc(NC(N)=NCc2nccn2C)c1. The number of anilines is 1. The van der Waals surface area contributed by atoms with Crippen molar-refractivity contribution < 1.29 is 0 Å². The molecule has 0 saturated carbocycles. The predicted octanol–water partition coefficient (Wildman–Crippen LogP) is 1.91. The molecule has 0 aliphatic rings. The average molecular weight is 257 g/mol. The van der Waals surface area contributed by atoms with Crippen LogP contribution in [0.25, 0.3) is 0 Å². The van der Waals surface area contributed by atoms with Gasteiger partial charge in [0.2, 0.25) is 0 Å². The highest BCUT2D eigenvalue weighted by Crippen LogP contribution is 2.10. The standard InChI is InChI=1S/C14H19N5/c1-3-11-5-4-6-12(9-11)18-14(15)17-10-13-16-7-8-19(13)2/h4-9H,3,10H2,1-2H3,(H3,15,17,18). The molecule has 5 heteroatoms. The Labute approximate surface area is 113 Å². The number of nitrogens with zero attached hydrogens (tertiary/aromatic N) is 3. The fourth-order valence-corrected chi connectivity index (χ4v) is 1.76. The average Bonchev–Trinajstić information content (AvgIpc) is 2.82. The first-order valence-electron chi connectivity index (χ1n) is 6.31. The van der Waals surface area contributed by atoms with E-state index < -0.39 is 0 Å². The van der Waals surface area contributed by atoms with Crippen molar-refractivity contribution in [3.8, 4) is 0 Å². The van der Waals surface area contributed by atoms with Crippen LogP contribution in [0, 0.1) is 0 Å². The zero-order valence-electron chi connectivity index (χ0n) is 11.3. The summed E-state index contributed by atoms with van der Waals surface area (Å²) in [6.07, 6.45) is 4.64. The van der Waals surface area contributed by atoms with Crippen LogP contribution in [0.15, 0.2) is 41.7 Å². The first-order valence-corrected chi connectivity index (χ1v) is 6.31. The molecular weight excluding hydrogens is 238 g/mol. The van der Waals surface area contributed by atoms with Gasteiger partial charge in [-0.1, -0.05) is 19.1 Å². The summed E-state index contributed by atoms with van der Waals surface area (Å²) in [5.41, 5.74) is 8.09. The Hall–Kier alpha value is -2.30. The van der Waals surface area contributed by atoms with Gasteiger partial charge in [-0.15, -0.1) is 0 Å². The lowest BCUT2D eigenvalue weighted by Crippen LogP contribution is -2.22. The molecule has 0 unspecified atom stereocenters. The van der Waals surface area contributed by atoms with Gasteiger partial charge in [-0.25, -0.2) is 9.98 Å². The van der Waals surface area contributed by atoms with Gasteiger partial charge in [0.05, 0.1) is 0 Å². The molecule has 0 fully saturated rings. The number of benzene rings is 1. The second-order valence-electron chi connectivity index (χ2n) is 4.33. The van der Waals surface area contributed by atoms with Gasteiger partial charge in [-0.05, 0) is 24.1 Å². The molecule has 0 radical (unpaired) electrons. The zero-order chi connectivity index (χ0) is 13.7. The molecule has 19 heavy (non-hydrogen) atoms. The molecule has 1 heterocycles. The van der Waals surface area contributed by atoms with Crippen LogP contribution in [0.4, 0.5) is 5.69 Å². The largest absolute Gasteiger partial charge is 0.370 e. The van der Waals surface area contributed by atoms with Gasteiger partial charge in [0.25, 0.3) is 0 Å². The van der Waals surface area contributed by atoms with Gasteiger partial charge in [-0.2, -0.15) is 0 Å². The van der Waals surface area contributed by atoms with Gasteiger partial charge in [0.15, 0.2) is 5.96 Å². The Balaban J connectivity index is 2.00. The molecular formula is C14H19N5. The van der Waals surface area contributed by atoms with E-state index in [1.807, 2.05) is 29.9 Å². The summed E-state index contributed by atoms with van der Waals surface area (Å²) in [4.78, 5) is 8.47. The monoisotopic (exact) mass is 257 g/mol. The lowest BCUT2D eigenvalue weighted by Gasteiger charge is -2.07. The van der Waals surface area contributed by atoms with Crippen molar-refractivity contribution in [2.45, 2.75) is 19.9 Å². The molecule has 5 nitrogen and oxygen atoms in total. The molecule has 0 atom stereocenters. The number of hydrogen-bond acceptors (Lipinski definition) is 2. The number of nitrogens with one attached hydrogen (secondary N) is 1. The Morgan fingerprint density at radius 3 is 3.00 bits per heavy atom. The van der Waals surface area contributed by atoms with E-state index in [0.29, 0.717) is 12.5 Å². The zero-order valence-corrected chi connectivity index (χ0v) is 11.3. The quantitative estimate of drug-likeness (QED) is 0.649. The molecule has 0 amide bonds. The number of aromatic nitrogens is 2. The highest BCUT2D eigenvalue weighted by atomic mass is 15.1. The summed E-state index contributed by atoms with van der Waals surface area (Å²) < 4.78 is 1.93. The molecule has 0 spiro atoms. The van der Waals surface area contributed by atoms with Gasteiger partial charge >= 0.3 is 0 Å². The minimum Gasteiger partial charge on any atom is -0.370 e. The maximum Gasteiger partial charge on any atom is 0.193 e. The van der Waals surface area contributed by atoms with Crippen molar-refractivity contribution in [3.05, 3.63) is 48.0 Å². The summed E-state index contributed by atoms with van der Waals surface area (Å²) in [6, 6.07) is 8.14. The van der Waals surface area contributed by atoms with Crippen LogP contribution in [0.1, 0.15) is 18.3 Å². The van der Waals surface area contributed by atoms with Gasteiger partial charge in [-0.3, -0.25) is 0 Å². The van der Waals surface area contributed by atoms with Crippen LogP contribution < -0.4 is 11.1 Å². The second-order valence-corrected chi connectivity index (χ2v) is 4.33. The summed E-state index contributed by atoms with van der Waals surface area (Å²) in [5, 5.41) is 3.09. The van der Waals surface area contributed by atoms with Crippen molar-refractivity contribution in [2.75, 3.05) is 5.32 Å². The van der Waals surface area contributed by atoms with Crippen LogP contribution in [-0.4, -0.2) is 15.5 Å². The Morgan fingerprint density at radius 1 is 1.47 bits per heavy atom. The maximum absolute atomic E-state index is 5.87. The van der Waals surface area contributed by atoms with Crippen molar-refractivity contribution >= 4 is 11.6 Å². The minimum atomic E-state index is 0.399. The van der Waals surface area contributed by atoms with Crippen LogP contribution in [0.5, 0.6) is 0 Å². The van der Waals surface area contributed by atoms with Crippen LogP contribution >= 0.6 is 0 Å². The Bertz CT molecular complexity index is 571. The van der Waals surface area contributed by atoms with Crippen molar-refractivity contribution in [1.82, 2.24) is 9.55 Å². The first kappa shape index (κ1) is 13.1. The highest BCUT2D eigenvalue weighted by molar-refractivity contribution is 5.92. The smallest absolute Gasteiger partial charge is 0.193 e. The molecule has 2 rings (SSSR count). The number of aliphatic imine (C=N–C) groups is 1. The second kappa shape index (κ2) is 6.04. The fourth-order valence-electron chi connectivity index (χ4n) is 1.76. The highest BCUT2D eigenvalue weighted by Gasteiger charge is 1.99.